The highest BCUT2D eigenvalue weighted by Crippen LogP contribution is 2.29. The summed E-state index contributed by atoms with van der Waals surface area (Å²) in [5.41, 5.74) is 2.33. The fourth-order valence-electron chi connectivity index (χ4n) is 3.11. The second-order valence-corrected chi connectivity index (χ2v) is 6.03. The van der Waals surface area contributed by atoms with Crippen LogP contribution in [0.1, 0.15) is 57.1 Å². The van der Waals surface area contributed by atoms with Gasteiger partial charge in [-0.15, -0.1) is 0 Å². The van der Waals surface area contributed by atoms with Crippen molar-refractivity contribution in [2.24, 2.45) is 5.92 Å². The summed E-state index contributed by atoms with van der Waals surface area (Å²) in [5, 5.41) is 9.51. The highest BCUT2D eigenvalue weighted by molar-refractivity contribution is 5.73. The number of hydrogen-bond acceptors (Lipinski definition) is 3. The number of ether oxygens (including phenoxy) is 1. The molecule has 3 nitrogen and oxygen atoms in total. The van der Waals surface area contributed by atoms with Crippen molar-refractivity contribution in [2.45, 2.75) is 64.9 Å². The van der Waals surface area contributed by atoms with Gasteiger partial charge in [0.05, 0.1) is 5.92 Å². The van der Waals surface area contributed by atoms with Gasteiger partial charge in [-0.25, -0.2) is 0 Å². The second kappa shape index (κ2) is 7.48. The zero-order chi connectivity index (χ0) is 15.2. The van der Waals surface area contributed by atoms with Crippen LogP contribution in [0.3, 0.4) is 0 Å². The quantitative estimate of drug-likeness (QED) is 0.805. The predicted molar refractivity (Wildman–Crippen MR) is 83.3 cm³/mol. The summed E-state index contributed by atoms with van der Waals surface area (Å²) in [5.74, 6) is 0.236. The molecule has 3 heteroatoms. The van der Waals surface area contributed by atoms with E-state index in [0.717, 1.165) is 50.5 Å². The Labute approximate surface area is 127 Å². The number of carbonyl (C=O) groups is 1. The number of aromatic hydroxyl groups is 1. The average Bonchev–Trinajstić information content (AvgIpc) is 2.47. The van der Waals surface area contributed by atoms with Gasteiger partial charge in [-0.3, -0.25) is 4.79 Å². The van der Waals surface area contributed by atoms with E-state index in [-0.39, 0.29) is 18.0 Å². The zero-order valence-corrected chi connectivity index (χ0v) is 13.1. The summed E-state index contributed by atoms with van der Waals surface area (Å²) < 4.78 is 5.72. The minimum absolute atomic E-state index is 0.0294. The summed E-state index contributed by atoms with van der Waals surface area (Å²) in [4.78, 5) is 12.4. The van der Waals surface area contributed by atoms with Crippen molar-refractivity contribution in [1.82, 2.24) is 0 Å². The van der Waals surface area contributed by atoms with Crippen molar-refractivity contribution in [3.8, 4) is 5.75 Å². The van der Waals surface area contributed by atoms with Gasteiger partial charge in [0.2, 0.25) is 0 Å². The van der Waals surface area contributed by atoms with Gasteiger partial charge in [-0.2, -0.15) is 0 Å². The molecule has 0 heterocycles. The lowest BCUT2D eigenvalue weighted by atomic mass is 9.84. The number of benzene rings is 1. The Balaban J connectivity index is 1.96. The minimum Gasteiger partial charge on any atom is -0.508 e. The normalized spacial score (nSPS) is 17.6. The van der Waals surface area contributed by atoms with Gasteiger partial charge in [0.25, 0.3) is 0 Å². The van der Waals surface area contributed by atoms with Crippen LogP contribution in [-0.2, 0) is 22.4 Å². The summed E-state index contributed by atoms with van der Waals surface area (Å²) in [7, 11) is 0. The van der Waals surface area contributed by atoms with Crippen LogP contribution in [0.15, 0.2) is 18.2 Å². The van der Waals surface area contributed by atoms with E-state index in [2.05, 4.69) is 13.8 Å². The van der Waals surface area contributed by atoms with Crippen LogP contribution in [0.25, 0.3) is 0 Å². The van der Waals surface area contributed by atoms with E-state index in [9.17, 15) is 9.90 Å². The van der Waals surface area contributed by atoms with Gasteiger partial charge in [0, 0.05) is 0 Å². The standard InChI is InChI=1S/C18H26O3/c1-3-5-17(6-4-2)21-18(20)15-8-7-14-12-16(19)10-9-13(14)11-15/h9-10,12,15,17,19H,3-8,11H2,1-2H3. The van der Waals surface area contributed by atoms with Gasteiger partial charge in [0.15, 0.2) is 0 Å². The molecule has 1 unspecified atom stereocenters. The molecule has 1 aliphatic rings. The number of fused-ring (bicyclic) bond motifs is 1. The molecule has 1 aromatic carbocycles. The lowest BCUT2D eigenvalue weighted by Gasteiger charge is -2.25. The fourth-order valence-corrected chi connectivity index (χ4v) is 3.11. The number of esters is 1. The smallest absolute Gasteiger partial charge is 0.309 e. The number of rotatable bonds is 6. The molecule has 0 saturated heterocycles. The summed E-state index contributed by atoms with van der Waals surface area (Å²) in [6, 6.07) is 5.44. The molecule has 1 aliphatic carbocycles. The lowest BCUT2D eigenvalue weighted by Crippen LogP contribution is -2.28. The van der Waals surface area contributed by atoms with Crippen LogP contribution in [0.2, 0.25) is 0 Å². The predicted octanol–water partition coefficient (Wildman–Crippen LogP) is 4.01. The molecule has 0 aliphatic heterocycles. The molecular weight excluding hydrogens is 264 g/mol. The van der Waals surface area contributed by atoms with Gasteiger partial charge in [-0.05, 0) is 55.4 Å². The molecule has 21 heavy (non-hydrogen) atoms. The molecule has 1 atom stereocenters. The van der Waals surface area contributed by atoms with Gasteiger partial charge >= 0.3 is 5.97 Å². The fraction of sp³-hybridized carbons (Fsp3) is 0.611. The number of carbonyl (C=O) groups excluding carboxylic acids is 1. The Morgan fingerprint density at radius 1 is 1.29 bits per heavy atom. The second-order valence-electron chi connectivity index (χ2n) is 6.03. The van der Waals surface area contributed by atoms with Crippen LogP contribution >= 0.6 is 0 Å². The van der Waals surface area contributed by atoms with Crippen molar-refractivity contribution in [3.05, 3.63) is 29.3 Å². The molecule has 1 aromatic rings. The van der Waals surface area contributed by atoms with Crippen molar-refractivity contribution in [2.75, 3.05) is 0 Å². The third kappa shape index (κ3) is 4.23. The number of aryl methyl sites for hydroxylation is 1. The van der Waals surface area contributed by atoms with E-state index >= 15 is 0 Å². The van der Waals surface area contributed by atoms with Crippen LogP contribution < -0.4 is 0 Å². The molecular formula is C18H26O3. The topological polar surface area (TPSA) is 46.5 Å². The van der Waals surface area contributed by atoms with Gasteiger partial charge in [0.1, 0.15) is 11.9 Å². The SMILES string of the molecule is CCCC(CCC)OC(=O)C1CCc2cc(O)ccc2C1. The number of phenols is 1. The van der Waals surface area contributed by atoms with Crippen LogP contribution in [0.4, 0.5) is 0 Å². The van der Waals surface area contributed by atoms with Crippen LogP contribution in [0, 0.1) is 5.92 Å². The highest BCUT2D eigenvalue weighted by atomic mass is 16.5. The molecule has 0 amide bonds. The average molecular weight is 290 g/mol. The molecule has 2 rings (SSSR count). The Morgan fingerprint density at radius 3 is 2.67 bits per heavy atom. The van der Waals surface area contributed by atoms with Crippen molar-refractivity contribution >= 4 is 5.97 Å². The van der Waals surface area contributed by atoms with E-state index < -0.39 is 0 Å². The highest BCUT2D eigenvalue weighted by Gasteiger charge is 2.27. The minimum atomic E-state index is -0.0411. The Kier molecular flexibility index (Phi) is 5.66. The molecule has 0 saturated carbocycles. The Bertz CT molecular complexity index is 475. The van der Waals surface area contributed by atoms with Crippen molar-refractivity contribution in [3.63, 3.8) is 0 Å². The van der Waals surface area contributed by atoms with Gasteiger partial charge < -0.3 is 9.84 Å². The third-order valence-electron chi connectivity index (χ3n) is 4.26. The number of phenolic OH excluding ortho intramolecular Hbond substituents is 1. The van der Waals surface area contributed by atoms with E-state index in [1.807, 2.05) is 12.1 Å². The van der Waals surface area contributed by atoms with Crippen LogP contribution in [-0.4, -0.2) is 17.2 Å². The Hall–Kier alpha value is -1.51. The molecule has 0 spiro atoms. The Morgan fingerprint density at radius 2 is 2.00 bits per heavy atom. The lowest BCUT2D eigenvalue weighted by molar-refractivity contribution is -0.155. The maximum atomic E-state index is 12.4. The summed E-state index contributed by atoms with van der Waals surface area (Å²) >= 11 is 0. The summed E-state index contributed by atoms with van der Waals surface area (Å²) in [6.07, 6.45) is 6.48. The summed E-state index contributed by atoms with van der Waals surface area (Å²) in [6.45, 7) is 4.25. The van der Waals surface area contributed by atoms with Gasteiger partial charge in [-0.1, -0.05) is 32.8 Å². The first-order chi connectivity index (χ1) is 10.1. The molecule has 1 N–H and O–H groups in total. The molecule has 116 valence electrons. The van der Waals surface area contributed by atoms with Crippen molar-refractivity contribution in [1.29, 1.82) is 0 Å². The van der Waals surface area contributed by atoms with E-state index in [0.29, 0.717) is 5.75 Å². The van der Waals surface area contributed by atoms with E-state index in [1.165, 1.54) is 5.56 Å². The van der Waals surface area contributed by atoms with E-state index in [4.69, 9.17) is 4.74 Å². The van der Waals surface area contributed by atoms with E-state index in [1.54, 1.807) is 6.07 Å². The molecule has 0 fully saturated rings. The molecule has 0 bridgehead atoms. The number of hydrogen-bond donors (Lipinski definition) is 1. The molecule has 0 aromatic heterocycles. The zero-order valence-electron chi connectivity index (χ0n) is 13.1. The first kappa shape index (κ1) is 15.9. The maximum Gasteiger partial charge on any atom is 0.309 e. The van der Waals surface area contributed by atoms with Crippen molar-refractivity contribution < 1.29 is 14.6 Å². The molecule has 0 radical (unpaired) electrons. The first-order valence-corrected chi connectivity index (χ1v) is 8.15. The maximum absolute atomic E-state index is 12.4. The first-order valence-electron chi connectivity index (χ1n) is 8.15. The van der Waals surface area contributed by atoms with Crippen LogP contribution in [0.5, 0.6) is 5.75 Å². The largest absolute Gasteiger partial charge is 0.508 e. The third-order valence-corrected chi connectivity index (χ3v) is 4.26. The monoisotopic (exact) mass is 290 g/mol.